The number of carbonyl (C=O) groups is 1. The largest absolute Gasteiger partial charge is 0.358 e. The minimum absolute atomic E-state index is 0.0509. The molecule has 2 N–H and O–H groups in total. The Kier molecular flexibility index (Phi) is 3.36. The van der Waals surface area contributed by atoms with Crippen LogP contribution in [0.1, 0.15) is 31.5 Å². The molecule has 1 aliphatic carbocycles. The first kappa shape index (κ1) is 12.6. The lowest BCUT2D eigenvalue weighted by molar-refractivity contribution is -0.129. The Bertz CT molecular complexity index is 505. The van der Waals surface area contributed by atoms with Crippen LogP contribution in [0.15, 0.2) is 10.9 Å². The topological polar surface area (TPSA) is 78.1 Å². The van der Waals surface area contributed by atoms with Crippen molar-refractivity contribution >= 4 is 11.7 Å². The molecule has 0 bridgehead atoms. The van der Waals surface area contributed by atoms with E-state index >= 15 is 0 Å². The molecule has 0 aromatic carbocycles. The number of aromatic nitrogens is 2. The third kappa shape index (κ3) is 2.88. The highest BCUT2D eigenvalue weighted by Gasteiger charge is 2.26. The molecule has 0 spiro atoms. The summed E-state index contributed by atoms with van der Waals surface area (Å²) in [5.74, 6) is 1.50. The number of hydrogen-bond acceptors (Lipinski definition) is 4. The van der Waals surface area contributed by atoms with E-state index in [1.807, 2.05) is 0 Å². The lowest BCUT2D eigenvalue weighted by Gasteiger charge is -2.18. The zero-order valence-electron chi connectivity index (χ0n) is 10.9. The molecule has 1 fully saturated rings. The molecule has 1 aromatic heterocycles. The normalized spacial score (nSPS) is 16.2. The molecule has 1 heterocycles. The number of carbonyl (C=O) groups excluding carboxylic acids is 1. The van der Waals surface area contributed by atoms with Gasteiger partial charge in [0.1, 0.15) is 17.7 Å². The van der Waals surface area contributed by atoms with E-state index in [9.17, 15) is 9.59 Å². The number of anilines is 1. The summed E-state index contributed by atoms with van der Waals surface area (Å²) >= 11 is 0. The summed E-state index contributed by atoms with van der Waals surface area (Å²) in [5, 5.41) is 2.96. The Morgan fingerprint density at radius 3 is 2.78 bits per heavy atom. The van der Waals surface area contributed by atoms with Crippen LogP contribution >= 0.6 is 0 Å². The summed E-state index contributed by atoms with van der Waals surface area (Å²) in [6.45, 7) is 1.75. The zero-order valence-corrected chi connectivity index (χ0v) is 10.9. The predicted octanol–water partition coefficient (Wildman–Crippen LogP) is 0.536. The highest BCUT2D eigenvalue weighted by Crippen LogP contribution is 2.37. The lowest BCUT2D eigenvalue weighted by atomic mass is 10.3. The number of H-pyrrole nitrogens is 1. The van der Waals surface area contributed by atoms with E-state index in [1.165, 1.54) is 11.0 Å². The van der Waals surface area contributed by atoms with Crippen molar-refractivity contribution in [3.8, 4) is 0 Å². The third-order valence-electron chi connectivity index (χ3n) is 2.90. The van der Waals surface area contributed by atoms with E-state index in [-0.39, 0.29) is 11.5 Å². The van der Waals surface area contributed by atoms with Gasteiger partial charge in [0.05, 0.1) is 0 Å². The fourth-order valence-corrected chi connectivity index (χ4v) is 1.77. The second-order valence-corrected chi connectivity index (χ2v) is 4.89. The van der Waals surface area contributed by atoms with Crippen LogP contribution in [0.5, 0.6) is 0 Å². The first-order chi connectivity index (χ1) is 8.47. The van der Waals surface area contributed by atoms with E-state index in [4.69, 9.17) is 0 Å². The molecule has 1 aliphatic rings. The Morgan fingerprint density at radius 2 is 2.22 bits per heavy atom. The quantitative estimate of drug-likeness (QED) is 0.817. The Labute approximate surface area is 105 Å². The van der Waals surface area contributed by atoms with Crippen LogP contribution in [0, 0.1) is 0 Å². The van der Waals surface area contributed by atoms with Crippen molar-refractivity contribution in [1.29, 1.82) is 0 Å². The van der Waals surface area contributed by atoms with Gasteiger partial charge in [0.2, 0.25) is 5.91 Å². The van der Waals surface area contributed by atoms with Gasteiger partial charge >= 0.3 is 0 Å². The van der Waals surface area contributed by atoms with Crippen molar-refractivity contribution in [2.45, 2.75) is 31.7 Å². The molecule has 2 rings (SSSR count). The van der Waals surface area contributed by atoms with Crippen LogP contribution in [0.25, 0.3) is 0 Å². The molecule has 1 saturated carbocycles. The molecule has 0 radical (unpaired) electrons. The first-order valence-electron chi connectivity index (χ1n) is 6.06. The molecule has 1 unspecified atom stereocenters. The second-order valence-electron chi connectivity index (χ2n) is 4.89. The predicted molar refractivity (Wildman–Crippen MR) is 68.6 cm³/mol. The van der Waals surface area contributed by atoms with Crippen LogP contribution in [-0.2, 0) is 4.79 Å². The minimum atomic E-state index is -0.402. The Morgan fingerprint density at radius 1 is 1.56 bits per heavy atom. The van der Waals surface area contributed by atoms with E-state index in [1.54, 1.807) is 21.0 Å². The molecule has 0 saturated heterocycles. The minimum Gasteiger partial charge on any atom is -0.358 e. The second kappa shape index (κ2) is 4.80. The van der Waals surface area contributed by atoms with Crippen LogP contribution in [0.3, 0.4) is 0 Å². The summed E-state index contributed by atoms with van der Waals surface area (Å²) < 4.78 is 0. The van der Waals surface area contributed by atoms with Crippen molar-refractivity contribution in [1.82, 2.24) is 14.9 Å². The fraction of sp³-hybridized carbons (Fsp3) is 0.583. The SMILES string of the molecule is CC(Nc1cc(=O)[nH]c(C2CC2)n1)C(=O)N(C)C. The summed E-state index contributed by atoms with van der Waals surface area (Å²) in [5.41, 5.74) is -0.182. The van der Waals surface area contributed by atoms with Gasteiger partial charge in [0, 0.05) is 26.1 Å². The maximum absolute atomic E-state index is 11.7. The number of nitrogens with one attached hydrogen (secondary N) is 2. The van der Waals surface area contributed by atoms with E-state index < -0.39 is 6.04 Å². The molecule has 1 atom stereocenters. The molecule has 6 nitrogen and oxygen atoms in total. The van der Waals surface area contributed by atoms with Gasteiger partial charge in [-0.15, -0.1) is 0 Å². The summed E-state index contributed by atoms with van der Waals surface area (Å²) in [6.07, 6.45) is 2.14. The summed E-state index contributed by atoms with van der Waals surface area (Å²) in [6, 6.07) is 0.979. The van der Waals surface area contributed by atoms with Crippen molar-refractivity contribution in [3.05, 3.63) is 22.2 Å². The molecule has 18 heavy (non-hydrogen) atoms. The van der Waals surface area contributed by atoms with Crippen molar-refractivity contribution in [2.75, 3.05) is 19.4 Å². The summed E-state index contributed by atoms with van der Waals surface area (Å²) in [7, 11) is 3.39. The Balaban J connectivity index is 2.13. The number of nitrogens with zero attached hydrogens (tertiary/aromatic N) is 2. The van der Waals surface area contributed by atoms with Gasteiger partial charge in [-0.05, 0) is 19.8 Å². The van der Waals surface area contributed by atoms with Gasteiger partial charge in [-0.3, -0.25) is 9.59 Å². The highest BCUT2D eigenvalue weighted by molar-refractivity contribution is 5.83. The van der Waals surface area contributed by atoms with Gasteiger partial charge in [-0.1, -0.05) is 0 Å². The highest BCUT2D eigenvalue weighted by atomic mass is 16.2. The van der Waals surface area contributed by atoms with Gasteiger partial charge in [-0.25, -0.2) is 4.98 Å². The standard InChI is InChI=1S/C12H18N4O2/c1-7(12(18)16(2)3)13-9-6-10(17)15-11(14-9)8-4-5-8/h6-8H,4-5H2,1-3H3,(H2,13,14,15,17). The van der Waals surface area contributed by atoms with Crippen LogP contribution in [0.2, 0.25) is 0 Å². The van der Waals surface area contributed by atoms with E-state index in [0.29, 0.717) is 11.7 Å². The molecule has 0 aliphatic heterocycles. The van der Waals surface area contributed by atoms with Crippen molar-refractivity contribution in [2.24, 2.45) is 0 Å². The third-order valence-corrected chi connectivity index (χ3v) is 2.90. The van der Waals surface area contributed by atoms with Gasteiger partial charge in [0.15, 0.2) is 0 Å². The van der Waals surface area contributed by atoms with Crippen LogP contribution in [0.4, 0.5) is 5.82 Å². The molecular weight excluding hydrogens is 232 g/mol. The zero-order chi connectivity index (χ0) is 13.3. The molecular formula is C12H18N4O2. The van der Waals surface area contributed by atoms with Gasteiger partial charge in [-0.2, -0.15) is 0 Å². The monoisotopic (exact) mass is 250 g/mol. The number of amides is 1. The van der Waals surface area contributed by atoms with Crippen LogP contribution < -0.4 is 10.9 Å². The molecule has 1 aromatic rings. The smallest absolute Gasteiger partial charge is 0.252 e. The van der Waals surface area contributed by atoms with Crippen LogP contribution in [-0.4, -0.2) is 40.9 Å². The number of rotatable bonds is 4. The lowest BCUT2D eigenvalue weighted by Crippen LogP contribution is -2.37. The maximum atomic E-state index is 11.7. The summed E-state index contributed by atoms with van der Waals surface area (Å²) in [4.78, 5) is 31.8. The van der Waals surface area contributed by atoms with Gasteiger partial charge in [0.25, 0.3) is 5.56 Å². The molecule has 98 valence electrons. The Hall–Kier alpha value is -1.85. The molecule has 6 heteroatoms. The first-order valence-corrected chi connectivity index (χ1v) is 6.06. The van der Waals surface area contributed by atoms with E-state index in [2.05, 4.69) is 15.3 Å². The van der Waals surface area contributed by atoms with Crippen molar-refractivity contribution in [3.63, 3.8) is 0 Å². The maximum Gasteiger partial charge on any atom is 0.252 e. The number of likely N-dealkylation sites (N-methyl/N-ethyl adjacent to an activating group) is 1. The average Bonchev–Trinajstić information content (AvgIpc) is 3.10. The molecule has 1 amide bonds. The number of aromatic amines is 1. The fourth-order valence-electron chi connectivity index (χ4n) is 1.77. The number of hydrogen-bond donors (Lipinski definition) is 2. The average molecular weight is 250 g/mol. The van der Waals surface area contributed by atoms with Crippen molar-refractivity contribution < 1.29 is 4.79 Å². The van der Waals surface area contributed by atoms with Gasteiger partial charge < -0.3 is 15.2 Å². The van der Waals surface area contributed by atoms with E-state index in [0.717, 1.165) is 18.7 Å².